The highest BCUT2D eigenvalue weighted by molar-refractivity contribution is 5.71. The molecule has 0 radical (unpaired) electrons. The van der Waals surface area contributed by atoms with Gasteiger partial charge in [0.05, 0.1) is 0 Å². The second-order valence-electron chi connectivity index (χ2n) is 20.9. The molecule has 0 spiro atoms. The first kappa shape index (κ1) is 70.6. The third-order valence-electron chi connectivity index (χ3n) is 13.6. The van der Waals surface area contributed by atoms with Gasteiger partial charge in [0, 0.05) is 19.3 Å². The molecule has 0 aromatic carbocycles. The Kier molecular flexibility index (Phi) is 59.3. The first-order valence-corrected chi connectivity index (χ1v) is 31.6. The second kappa shape index (κ2) is 62.1. The number of ether oxygens (including phenoxy) is 3. The van der Waals surface area contributed by atoms with Gasteiger partial charge >= 0.3 is 17.9 Å². The lowest BCUT2D eigenvalue weighted by Crippen LogP contribution is -2.30. The molecule has 0 bridgehead atoms. The van der Waals surface area contributed by atoms with Crippen molar-refractivity contribution < 1.29 is 28.6 Å². The zero-order valence-electron chi connectivity index (χ0n) is 48.8. The Bertz CT molecular complexity index is 1420. The number of hydrogen-bond acceptors (Lipinski definition) is 6. The highest BCUT2D eigenvalue weighted by atomic mass is 16.6. The van der Waals surface area contributed by atoms with Gasteiger partial charge in [0.15, 0.2) is 6.10 Å². The minimum atomic E-state index is -0.788. The molecule has 0 N–H and O–H groups in total. The molecule has 74 heavy (non-hydrogen) atoms. The second-order valence-corrected chi connectivity index (χ2v) is 20.9. The van der Waals surface area contributed by atoms with Gasteiger partial charge in [-0.15, -0.1) is 0 Å². The van der Waals surface area contributed by atoms with Crippen LogP contribution in [0.1, 0.15) is 310 Å². The largest absolute Gasteiger partial charge is 0.462 e. The van der Waals surface area contributed by atoms with Crippen LogP contribution < -0.4 is 0 Å². The van der Waals surface area contributed by atoms with Gasteiger partial charge in [-0.2, -0.15) is 0 Å². The highest BCUT2D eigenvalue weighted by Gasteiger charge is 2.19. The number of rotatable bonds is 57. The molecule has 0 aliphatic heterocycles. The molecule has 6 heteroatoms. The van der Waals surface area contributed by atoms with Gasteiger partial charge in [-0.05, 0) is 109 Å². The fourth-order valence-electron chi connectivity index (χ4n) is 8.88. The predicted molar refractivity (Wildman–Crippen MR) is 321 cm³/mol. The van der Waals surface area contributed by atoms with Gasteiger partial charge in [-0.1, -0.05) is 266 Å². The van der Waals surface area contributed by atoms with Crippen LogP contribution in [0.15, 0.2) is 85.1 Å². The molecular weight excluding hydrogens is 913 g/mol. The number of carbonyl (C=O) groups excluding carboxylic acids is 3. The minimum Gasteiger partial charge on any atom is -0.462 e. The molecule has 0 aliphatic carbocycles. The molecule has 0 aromatic rings. The van der Waals surface area contributed by atoms with Crippen molar-refractivity contribution in [1.29, 1.82) is 0 Å². The Morgan fingerprint density at radius 1 is 0.284 bits per heavy atom. The molecule has 1 atom stereocenters. The van der Waals surface area contributed by atoms with E-state index in [0.717, 1.165) is 122 Å². The van der Waals surface area contributed by atoms with E-state index >= 15 is 0 Å². The van der Waals surface area contributed by atoms with E-state index in [1.54, 1.807) is 0 Å². The van der Waals surface area contributed by atoms with Gasteiger partial charge < -0.3 is 14.2 Å². The Labute approximate surface area is 458 Å². The standard InChI is InChI=1S/C68H118O6/c1-4-7-10-13-16-19-22-24-26-27-28-29-30-31-32-33-34-35-36-37-38-39-40-41-43-44-46-49-52-55-58-61-67(70)73-64-65(63-72-66(69)60-57-54-51-48-21-18-15-12-9-6-3)74-68(71)62-59-56-53-50-47-45-42-25-23-20-17-14-11-8-5-2/h8,11-12,15,17,20,22,24-25,27-28,30-31,42,65H,4-7,9-10,13-14,16,18-19,21,23,26,29,32-41,43-64H2,1-3H3/b11-8-,15-12-,20-17-,24-22-,28-27-,31-30-,42-25-. The van der Waals surface area contributed by atoms with Crippen molar-refractivity contribution in [2.75, 3.05) is 13.2 Å². The van der Waals surface area contributed by atoms with Gasteiger partial charge in [0.1, 0.15) is 13.2 Å². The lowest BCUT2D eigenvalue weighted by Gasteiger charge is -2.18. The van der Waals surface area contributed by atoms with Gasteiger partial charge in [0.25, 0.3) is 0 Å². The van der Waals surface area contributed by atoms with Crippen molar-refractivity contribution in [3.63, 3.8) is 0 Å². The van der Waals surface area contributed by atoms with Crippen LogP contribution in [0.5, 0.6) is 0 Å². The van der Waals surface area contributed by atoms with Crippen LogP contribution >= 0.6 is 0 Å². The molecule has 0 heterocycles. The fourth-order valence-corrected chi connectivity index (χ4v) is 8.88. The minimum absolute atomic E-state index is 0.0847. The van der Waals surface area contributed by atoms with Crippen LogP contribution in [0.3, 0.4) is 0 Å². The van der Waals surface area contributed by atoms with E-state index in [0.29, 0.717) is 19.3 Å². The molecule has 0 amide bonds. The summed E-state index contributed by atoms with van der Waals surface area (Å²) in [5, 5.41) is 0. The zero-order chi connectivity index (χ0) is 53.6. The van der Waals surface area contributed by atoms with Crippen LogP contribution in [0, 0.1) is 0 Å². The first-order valence-electron chi connectivity index (χ1n) is 31.6. The Morgan fingerprint density at radius 3 is 0.892 bits per heavy atom. The molecule has 1 unspecified atom stereocenters. The monoisotopic (exact) mass is 1030 g/mol. The van der Waals surface area contributed by atoms with E-state index in [9.17, 15) is 14.4 Å². The summed E-state index contributed by atoms with van der Waals surface area (Å²) in [5.74, 6) is -0.905. The molecular formula is C68H118O6. The summed E-state index contributed by atoms with van der Waals surface area (Å²) in [5.41, 5.74) is 0. The van der Waals surface area contributed by atoms with E-state index in [2.05, 4.69) is 106 Å². The summed E-state index contributed by atoms with van der Waals surface area (Å²) >= 11 is 0. The Hall–Kier alpha value is -3.41. The van der Waals surface area contributed by atoms with Crippen LogP contribution in [0.25, 0.3) is 0 Å². The molecule has 0 saturated carbocycles. The van der Waals surface area contributed by atoms with Gasteiger partial charge in [-0.3, -0.25) is 14.4 Å². The van der Waals surface area contributed by atoms with Crippen molar-refractivity contribution in [3.8, 4) is 0 Å². The number of carbonyl (C=O) groups is 3. The summed E-state index contributed by atoms with van der Waals surface area (Å²) in [6.45, 7) is 6.45. The summed E-state index contributed by atoms with van der Waals surface area (Å²) in [4.78, 5) is 38.1. The maximum Gasteiger partial charge on any atom is 0.306 e. The van der Waals surface area contributed by atoms with Crippen LogP contribution in [-0.2, 0) is 28.6 Å². The molecule has 6 nitrogen and oxygen atoms in total. The SMILES string of the molecule is CC/C=C\C/C=C\C/C=C\CCCCCCCC(=O)OC(COC(=O)CCCCCCC/C=C\CCC)COC(=O)CCCCCCCCCCCCCCCCCC/C=C\C/C=C\C/C=C\CCCCCCC. The summed E-state index contributed by atoms with van der Waals surface area (Å²) in [6.07, 6.45) is 81.8. The molecule has 0 aliphatic rings. The number of esters is 3. The molecule has 0 rings (SSSR count). The van der Waals surface area contributed by atoms with Crippen molar-refractivity contribution in [1.82, 2.24) is 0 Å². The summed E-state index contributed by atoms with van der Waals surface area (Å²) in [6, 6.07) is 0. The lowest BCUT2D eigenvalue weighted by atomic mass is 10.0. The van der Waals surface area contributed by atoms with E-state index in [4.69, 9.17) is 14.2 Å². The van der Waals surface area contributed by atoms with Crippen molar-refractivity contribution in [3.05, 3.63) is 85.1 Å². The predicted octanol–water partition coefficient (Wildman–Crippen LogP) is 21.5. The number of unbranched alkanes of at least 4 members (excludes halogenated alkanes) is 32. The fraction of sp³-hybridized carbons (Fsp3) is 0.750. The topological polar surface area (TPSA) is 78.9 Å². The molecule has 0 aromatic heterocycles. The Balaban J connectivity index is 4.13. The first-order chi connectivity index (χ1) is 36.5. The third-order valence-corrected chi connectivity index (χ3v) is 13.6. The highest BCUT2D eigenvalue weighted by Crippen LogP contribution is 2.16. The van der Waals surface area contributed by atoms with Crippen LogP contribution in [0.4, 0.5) is 0 Å². The maximum atomic E-state index is 12.8. The quantitative estimate of drug-likeness (QED) is 0.0261. The van der Waals surface area contributed by atoms with Crippen LogP contribution in [-0.4, -0.2) is 37.2 Å². The van der Waals surface area contributed by atoms with E-state index in [-0.39, 0.29) is 31.1 Å². The normalized spacial score (nSPS) is 12.6. The van der Waals surface area contributed by atoms with Gasteiger partial charge in [0.2, 0.25) is 0 Å². The molecule has 426 valence electrons. The van der Waals surface area contributed by atoms with E-state index < -0.39 is 6.10 Å². The summed E-state index contributed by atoms with van der Waals surface area (Å²) < 4.78 is 16.8. The third kappa shape index (κ3) is 59.5. The van der Waals surface area contributed by atoms with Crippen molar-refractivity contribution in [2.45, 2.75) is 316 Å². The van der Waals surface area contributed by atoms with Crippen LogP contribution in [0.2, 0.25) is 0 Å². The average Bonchev–Trinajstić information content (AvgIpc) is 3.40. The van der Waals surface area contributed by atoms with Gasteiger partial charge in [-0.25, -0.2) is 0 Å². The summed E-state index contributed by atoms with van der Waals surface area (Å²) in [7, 11) is 0. The van der Waals surface area contributed by atoms with Crippen molar-refractivity contribution in [2.24, 2.45) is 0 Å². The molecule has 0 saturated heterocycles. The van der Waals surface area contributed by atoms with E-state index in [1.807, 2.05) is 0 Å². The number of hydrogen-bond donors (Lipinski definition) is 0. The molecule has 0 fully saturated rings. The van der Waals surface area contributed by atoms with Crippen molar-refractivity contribution >= 4 is 17.9 Å². The average molecular weight is 1030 g/mol. The van der Waals surface area contributed by atoms with E-state index in [1.165, 1.54) is 148 Å². The maximum absolute atomic E-state index is 12.8. The lowest BCUT2D eigenvalue weighted by molar-refractivity contribution is -0.167. The number of allylic oxidation sites excluding steroid dienone is 14. The zero-order valence-corrected chi connectivity index (χ0v) is 48.8. The Morgan fingerprint density at radius 2 is 0.554 bits per heavy atom. The smallest absolute Gasteiger partial charge is 0.306 e.